The molecule has 0 saturated carbocycles. The number of halogens is 1. The van der Waals surface area contributed by atoms with Crippen LogP contribution in [0.3, 0.4) is 0 Å². The van der Waals surface area contributed by atoms with Crippen LogP contribution in [0.15, 0.2) is 46.1 Å². The van der Waals surface area contributed by atoms with Gasteiger partial charge in [0.15, 0.2) is 5.82 Å². The zero-order valence-electron chi connectivity index (χ0n) is 10.2. The van der Waals surface area contributed by atoms with Gasteiger partial charge >= 0.3 is 0 Å². The van der Waals surface area contributed by atoms with Crippen molar-refractivity contribution in [3.63, 3.8) is 0 Å². The Labute approximate surface area is 115 Å². The van der Waals surface area contributed by atoms with E-state index >= 15 is 0 Å². The number of hydrogen-bond donors (Lipinski definition) is 1. The van der Waals surface area contributed by atoms with Crippen molar-refractivity contribution in [3.05, 3.63) is 48.2 Å². The number of anilines is 1. The lowest BCUT2D eigenvalue weighted by Crippen LogP contribution is -2.26. The molecule has 1 unspecified atom stereocenters. The second kappa shape index (κ2) is 5.32. The molecule has 2 aromatic rings. The number of hydrogen-bond acceptors (Lipinski definition) is 4. The van der Waals surface area contributed by atoms with Crippen LogP contribution in [0.4, 0.5) is 5.82 Å². The molecule has 1 N–H and O–H groups in total. The first kappa shape index (κ1) is 12.0. The Bertz CT molecular complexity index is 588. The van der Waals surface area contributed by atoms with E-state index in [-0.39, 0.29) is 0 Å². The normalized spacial score (nSPS) is 18.2. The van der Waals surface area contributed by atoms with Crippen molar-refractivity contribution in [2.24, 2.45) is 4.99 Å². The van der Waals surface area contributed by atoms with E-state index in [4.69, 9.17) is 16.0 Å². The first-order chi connectivity index (χ1) is 9.33. The Hall–Kier alpha value is -2.01. The first-order valence-electron chi connectivity index (χ1n) is 6.02. The van der Waals surface area contributed by atoms with Gasteiger partial charge in [0.05, 0.1) is 6.26 Å². The monoisotopic (exact) mass is 276 g/mol. The van der Waals surface area contributed by atoms with Gasteiger partial charge in [-0.2, -0.15) is 5.10 Å². The maximum Gasteiger partial charge on any atom is 0.202 e. The van der Waals surface area contributed by atoms with Crippen LogP contribution in [-0.2, 0) is 12.8 Å². The van der Waals surface area contributed by atoms with E-state index in [1.54, 1.807) is 17.4 Å². The minimum Gasteiger partial charge on any atom is -0.469 e. The van der Waals surface area contributed by atoms with Crippen molar-refractivity contribution in [2.45, 2.75) is 18.5 Å². The van der Waals surface area contributed by atoms with E-state index in [2.05, 4.69) is 15.2 Å². The van der Waals surface area contributed by atoms with Crippen LogP contribution in [0.1, 0.15) is 11.5 Å². The molecular weight excluding hydrogens is 264 g/mol. The highest BCUT2D eigenvalue weighted by atomic mass is 35.5. The average Bonchev–Trinajstić information content (AvgIpc) is 3.08. The minimum absolute atomic E-state index is 0.439. The van der Waals surface area contributed by atoms with Crippen molar-refractivity contribution >= 4 is 23.6 Å². The lowest BCUT2D eigenvalue weighted by Gasteiger charge is -2.21. The number of aromatic nitrogens is 2. The molecule has 3 rings (SSSR count). The van der Waals surface area contributed by atoms with Gasteiger partial charge in [-0.15, -0.1) is 0 Å². The molecular formula is C13H13ClN4O. The molecule has 0 fully saturated rings. The summed E-state index contributed by atoms with van der Waals surface area (Å²) in [6.07, 6.45) is 8.73. The summed E-state index contributed by atoms with van der Waals surface area (Å²) in [5, 5.41) is 7.26. The second-order valence-electron chi connectivity index (χ2n) is 4.19. The number of allylic oxidation sites excluding steroid dienone is 1. The Balaban J connectivity index is 1.66. The highest BCUT2D eigenvalue weighted by Crippen LogP contribution is 2.21. The van der Waals surface area contributed by atoms with E-state index < -0.39 is 5.62 Å². The van der Waals surface area contributed by atoms with Crippen LogP contribution >= 0.6 is 11.6 Å². The molecule has 98 valence electrons. The Morgan fingerprint density at radius 3 is 3.16 bits per heavy atom. The highest BCUT2D eigenvalue weighted by molar-refractivity contribution is 6.22. The summed E-state index contributed by atoms with van der Waals surface area (Å²) >= 11 is 6.09. The van der Waals surface area contributed by atoms with Crippen molar-refractivity contribution in [1.29, 1.82) is 0 Å². The van der Waals surface area contributed by atoms with Crippen LogP contribution in [-0.4, -0.2) is 22.0 Å². The molecule has 0 aliphatic carbocycles. The fraction of sp³-hybridized carbons (Fsp3) is 0.231. The number of rotatable bonds is 4. The van der Waals surface area contributed by atoms with Crippen LogP contribution < -0.4 is 4.90 Å². The van der Waals surface area contributed by atoms with Gasteiger partial charge in [0.25, 0.3) is 0 Å². The number of H-pyrrole nitrogens is 1. The third-order valence-corrected chi connectivity index (χ3v) is 3.20. The van der Waals surface area contributed by atoms with Crippen LogP contribution in [0.5, 0.6) is 0 Å². The third-order valence-electron chi connectivity index (χ3n) is 2.87. The number of nitrogens with one attached hydrogen (secondary N) is 1. The molecule has 6 heteroatoms. The molecule has 0 spiro atoms. The molecule has 3 heterocycles. The van der Waals surface area contributed by atoms with Gasteiger partial charge in [-0.05, 0) is 24.6 Å². The Morgan fingerprint density at radius 2 is 2.37 bits per heavy atom. The Kier molecular flexibility index (Phi) is 3.37. The van der Waals surface area contributed by atoms with Gasteiger partial charge in [0, 0.05) is 30.6 Å². The second-order valence-corrected chi connectivity index (χ2v) is 4.58. The average molecular weight is 277 g/mol. The van der Waals surface area contributed by atoms with Gasteiger partial charge in [0.1, 0.15) is 5.76 Å². The fourth-order valence-corrected chi connectivity index (χ4v) is 2.13. The molecule has 0 aromatic carbocycles. The van der Waals surface area contributed by atoms with Crippen molar-refractivity contribution in [2.75, 3.05) is 4.90 Å². The van der Waals surface area contributed by atoms with Gasteiger partial charge in [0.2, 0.25) is 5.62 Å². The molecule has 0 bridgehead atoms. The summed E-state index contributed by atoms with van der Waals surface area (Å²) in [5.41, 5.74) is 0.601. The first-order valence-corrected chi connectivity index (χ1v) is 6.45. The predicted molar refractivity (Wildman–Crippen MR) is 74.5 cm³/mol. The summed E-state index contributed by atoms with van der Waals surface area (Å²) in [4.78, 5) is 5.89. The molecule has 0 radical (unpaired) electrons. The van der Waals surface area contributed by atoms with Crippen LogP contribution in [0.25, 0.3) is 0 Å². The van der Waals surface area contributed by atoms with Gasteiger partial charge in [-0.3, -0.25) is 15.0 Å². The molecule has 1 aliphatic heterocycles. The van der Waals surface area contributed by atoms with Crippen LogP contribution in [0, 0.1) is 0 Å². The molecule has 0 amide bonds. The Morgan fingerprint density at radius 1 is 1.42 bits per heavy atom. The smallest absolute Gasteiger partial charge is 0.202 e. The molecule has 1 aliphatic rings. The van der Waals surface area contributed by atoms with Crippen molar-refractivity contribution in [1.82, 2.24) is 10.2 Å². The molecule has 5 nitrogen and oxygen atoms in total. The van der Waals surface area contributed by atoms with Gasteiger partial charge < -0.3 is 4.42 Å². The molecule has 1 atom stereocenters. The lowest BCUT2D eigenvalue weighted by atomic mass is 10.2. The maximum absolute atomic E-state index is 6.09. The number of nitrogens with zero attached hydrogens (tertiary/aromatic N) is 3. The zero-order chi connectivity index (χ0) is 13.1. The quantitative estimate of drug-likeness (QED) is 0.690. The number of aryl methyl sites for hydroxylation is 2. The van der Waals surface area contributed by atoms with E-state index in [1.807, 2.05) is 30.5 Å². The number of aliphatic imine (C=N–C) groups is 1. The third kappa shape index (κ3) is 2.71. The molecule has 19 heavy (non-hydrogen) atoms. The van der Waals surface area contributed by atoms with Gasteiger partial charge in [-0.25, -0.2) is 0 Å². The minimum atomic E-state index is -0.439. The lowest BCUT2D eigenvalue weighted by molar-refractivity contribution is 0.507. The fourth-order valence-electron chi connectivity index (χ4n) is 1.90. The summed E-state index contributed by atoms with van der Waals surface area (Å²) in [5.74, 6) is 1.73. The largest absolute Gasteiger partial charge is 0.469 e. The SMILES string of the molecule is ClC1N=CC=CN1c1cc(CCc2ccco2)[nH]n1. The summed E-state index contributed by atoms with van der Waals surface area (Å²) < 4.78 is 5.30. The molecule has 2 aromatic heterocycles. The van der Waals surface area contributed by atoms with Gasteiger partial charge in [-0.1, -0.05) is 11.6 Å². The van der Waals surface area contributed by atoms with E-state index in [0.717, 1.165) is 30.1 Å². The summed E-state index contributed by atoms with van der Waals surface area (Å²) in [7, 11) is 0. The zero-order valence-corrected chi connectivity index (χ0v) is 10.9. The van der Waals surface area contributed by atoms with Crippen LogP contribution in [0.2, 0.25) is 0 Å². The van der Waals surface area contributed by atoms with Crippen molar-refractivity contribution < 1.29 is 4.42 Å². The van der Waals surface area contributed by atoms with E-state index in [0.29, 0.717) is 0 Å². The number of aromatic amines is 1. The predicted octanol–water partition coefficient (Wildman–Crippen LogP) is 2.71. The number of furan rings is 1. The summed E-state index contributed by atoms with van der Waals surface area (Å²) in [6, 6.07) is 5.83. The van der Waals surface area contributed by atoms with Crippen molar-refractivity contribution in [3.8, 4) is 0 Å². The topological polar surface area (TPSA) is 57.4 Å². The highest BCUT2D eigenvalue weighted by Gasteiger charge is 2.17. The van der Waals surface area contributed by atoms with E-state index in [9.17, 15) is 0 Å². The van der Waals surface area contributed by atoms with E-state index in [1.165, 1.54) is 0 Å². The molecule has 0 saturated heterocycles. The summed E-state index contributed by atoms with van der Waals surface area (Å²) in [6.45, 7) is 0. The standard InChI is InChI=1S/C13H13ClN4O/c14-13-15-6-2-7-18(13)12-9-10(16-17-12)4-5-11-3-1-8-19-11/h1-3,6-9,13H,4-5H2,(H,16,17). The maximum atomic E-state index is 6.09. The number of alkyl halides is 1.